The molecule has 0 bridgehead atoms. The first kappa shape index (κ1) is 15.2. The fraction of sp³-hybridized carbons (Fsp3) is 0.294. The van der Waals surface area contributed by atoms with Gasteiger partial charge in [-0.1, -0.05) is 12.1 Å². The lowest BCUT2D eigenvalue weighted by molar-refractivity contribution is 0.0756. The topological polar surface area (TPSA) is 48.4 Å². The van der Waals surface area contributed by atoms with E-state index in [1.165, 1.54) is 5.56 Å². The number of nitrogens with zero attached hydrogens (tertiary/aromatic N) is 1. The van der Waals surface area contributed by atoms with Crippen LogP contribution in [0, 0.1) is 0 Å². The van der Waals surface area contributed by atoms with Crippen LogP contribution in [0.2, 0.25) is 0 Å². The van der Waals surface area contributed by atoms with E-state index in [4.69, 9.17) is 9.47 Å². The lowest BCUT2D eigenvalue weighted by Gasteiger charge is -2.05. The summed E-state index contributed by atoms with van der Waals surface area (Å²) in [5, 5.41) is 0. The van der Waals surface area contributed by atoms with Gasteiger partial charge in [-0.3, -0.25) is 9.78 Å². The van der Waals surface area contributed by atoms with Crippen LogP contribution in [0.5, 0.6) is 5.75 Å². The minimum atomic E-state index is -0.0298. The molecule has 0 aliphatic carbocycles. The summed E-state index contributed by atoms with van der Waals surface area (Å²) in [6.45, 7) is 0.668. The first-order valence-electron chi connectivity index (χ1n) is 6.93. The number of carbonyl (C=O) groups is 1. The van der Waals surface area contributed by atoms with Crippen molar-refractivity contribution < 1.29 is 14.3 Å². The van der Waals surface area contributed by atoms with E-state index in [0.29, 0.717) is 17.9 Å². The van der Waals surface area contributed by atoms with Crippen molar-refractivity contribution in [3.63, 3.8) is 0 Å². The average molecular weight is 285 g/mol. The van der Waals surface area contributed by atoms with E-state index in [-0.39, 0.29) is 12.4 Å². The number of benzene rings is 1. The number of rotatable bonds is 8. The lowest BCUT2D eigenvalue weighted by Crippen LogP contribution is -2.10. The van der Waals surface area contributed by atoms with Crippen LogP contribution in [0.15, 0.2) is 48.8 Å². The van der Waals surface area contributed by atoms with E-state index in [9.17, 15) is 4.79 Å². The summed E-state index contributed by atoms with van der Waals surface area (Å²) in [6, 6.07) is 11.1. The Morgan fingerprint density at radius 1 is 1.19 bits per heavy atom. The van der Waals surface area contributed by atoms with E-state index >= 15 is 0 Å². The minimum Gasteiger partial charge on any atom is -0.497 e. The molecule has 1 aromatic heterocycles. The van der Waals surface area contributed by atoms with Crippen LogP contribution in [-0.2, 0) is 11.2 Å². The molecular formula is C17H19NO3. The van der Waals surface area contributed by atoms with Gasteiger partial charge in [0, 0.05) is 24.6 Å². The number of aromatic nitrogens is 1. The standard InChI is InChI=1S/C17H19NO3/c1-20-16-6-2-5-15(12-16)17(19)13-21-11-3-4-14-7-9-18-10-8-14/h2,5-10,12H,3-4,11,13H2,1H3. The van der Waals surface area contributed by atoms with Crippen LogP contribution >= 0.6 is 0 Å². The molecule has 0 saturated carbocycles. The quantitative estimate of drug-likeness (QED) is 0.552. The second-order valence-corrected chi connectivity index (χ2v) is 4.67. The molecular weight excluding hydrogens is 266 g/mol. The molecule has 4 heteroatoms. The number of aryl methyl sites for hydroxylation is 1. The highest BCUT2D eigenvalue weighted by atomic mass is 16.5. The van der Waals surface area contributed by atoms with Crippen molar-refractivity contribution >= 4 is 5.78 Å². The van der Waals surface area contributed by atoms with Gasteiger partial charge in [0.25, 0.3) is 0 Å². The third kappa shape index (κ3) is 5.00. The summed E-state index contributed by atoms with van der Waals surface area (Å²) in [6.07, 6.45) is 5.37. The van der Waals surface area contributed by atoms with E-state index in [2.05, 4.69) is 4.98 Å². The Kier molecular flexibility index (Phi) is 5.91. The zero-order valence-corrected chi connectivity index (χ0v) is 12.1. The molecule has 0 aliphatic rings. The normalized spacial score (nSPS) is 10.3. The van der Waals surface area contributed by atoms with E-state index < -0.39 is 0 Å². The number of hydrogen-bond acceptors (Lipinski definition) is 4. The summed E-state index contributed by atoms with van der Waals surface area (Å²) >= 11 is 0. The molecule has 110 valence electrons. The van der Waals surface area contributed by atoms with Crippen LogP contribution in [0.25, 0.3) is 0 Å². The number of hydrogen-bond donors (Lipinski definition) is 0. The van der Waals surface area contributed by atoms with E-state index in [1.54, 1.807) is 37.7 Å². The highest BCUT2D eigenvalue weighted by molar-refractivity contribution is 5.97. The van der Waals surface area contributed by atoms with Crippen LogP contribution in [0.1, 0.15) is 22.3 Å². The molecule has 0 fully saturated rings. The third-order valence-corrected chi connectivity index (χ3v) is 3.13. The molecule has 21 heavy (non-hydrogen) atoms. The zero-order valence-electron chi connectivity index (χ0n) is 12.1. The van der Waals surface area contributed by atoms with Gasteiger partial charge in [-0.2, -0.15) is 0 Å². The Bertz CT molecular complexity index is 569. The van der Waals surface area contributed by atoms with Gasteiger partial charge in [0.15, 0.2) is 5.78 Å². The Hall–Kier alpha value is -2.20. The SMILES string of the molecule is COc1cccc(C(=O)COCCCc2ccncc2)c1. The second-order valence-electron chi connectivity index (χ2n) is 4.67. The van der Waals surface area contributed by atoms with Gasteiger partial charge in [0.1, 0.15) is 12.4 Å². The summed E-state index contributed by atoms with van der Waals surface area (Å²) in [7, 11) is 1.58. The highest BCUT2D eigenvalue weighted by Crippen LogP contribution is 2.13. The second kappa shape index (κ2) is 8.17. The summed E-state index contributed by atoms with van der Waals surface area (Å²) in [5.74, 6) is 0.649. The van der Waals surface area contributed by atoms with Gasteiger partial charge in [-0.05, 0) is 42.7 Å². The Labute approximate surface area is 124 Å². The highest BCUT2D eigenvalue weighted by Gasteiger charge is 2.06. The third-order valence-electron chi connectivity index (χ3n) is 3.13. The van der Waals surface area contributed by atoms with Crippen molar-refractivity contribution in [1.82, 2.24) is 4.98 Å². The van der Waals surface area contributed by atoms with Gasteiger partial charge in [0.05, 0.1) is 7.11 Å². The van der Waals surface area contributed by atoms with Crippen molar-refractivity contribution in [3.8, 4) is 5.75 Å². The van der Waals surface area contributed by atoms with E-state index in [1.807, 2.05) is 18.2 Å². The summed E-state index contributed by atoms with van der Waals surface area (Å²) < 4.78 is 10.5. The molecule has 0 radical (unpaired) electrons. The molecule has 0 saturated heterocycles. The Morgan fingerprint density at radius 3 is 2.76 bits per heavy atom. The molecule has 0 spiro atoms. The molecule has 0 aliphatic heterocycles. The van der Waals surface area contributed by atoms with Gasteiger partial charge in [-0.25, -0.2) is 0 Å². The molecule has 1 aromatic carbocycles. The number of ketones is 1. The largest absolute Gasteiger partial charge is 0.497 e. The molecule has 2 aromatic rings. The van der Waals surface area contributed by atoms with Crippen LogP contribution < -0.4 is 4.74 Å². The van der Waals surface area contributed by atoms with E-state index in [0.717, 1.165) is 12.8 Å². The minimum absolute atomic E-state index is 0.0298. The lowest BCUT2D eigenvalue weighted by atomic mass is 10.1. The predicted octanol–water partition coefficient (Wildman–Crippen LogP) is 2.92. The first-order valence-corrected chi connectivity index (χ1v) is 6.93. The van der Waals surface area contributed by atoms with Crippen molar-refractivity contribution in [1.29, 1.82) is 0 Å². The maximum absolute atomic E-state index is 12.0. The maximum Gasteiger partial charge on any atom is 0.188 e. The van der Waals surface area contributed by atoms with Crippen LogP contribution in [-0.4, -0.2) is 31.1 Å². The van der Waals surface area contributed by atoms with Gasteiger partial charge in [0.2, 0.25) is 0 Å². The molecule has 2 rings (SSSR count). The van der Waals surface area contributed by atoms with Gasteiger partial charge >= 0.3 is 0 Å². The molecule has 4 nitrogen and oxygen atoms in total. The maximum atomic E-state index is 12.0. The molecule has 0 N–H and O–H groups in total. The fourth-order valence-electron chi connectivity index (χ4n) is 1.97. The number of ether oxygens (including phenoxy) is 2. The van der Waals surface area contributed by atoms with Crippen molar-refractivity contribution in [2.24, 2.45) is 0 Å². The monoisotopic (exact) mass is 285 g/mol. The summed E-state index contributed by atoms with van der Waals surface area (Å²) in [4.78, 5) is 15.9. The van der Waals surface area contributed by atoms with Crippen LogP contribution in [0.4, 0.5) is 0 Å². The van der Waals surface area contributed by atoms with Crippen molar-refractivity contribution in [2.45, 2.75) is 12.8 Å². The van der Waals surface area contributed by atoms with Crippen molar-refractivity contribution in [2.75, 3.05) is 20.3 Å². The Balaban J connectivity index is 1.69. The van der Waals surface area contributed by atoms with Crippen molar-refractivity contribution in [3.05, 3.63) is 59.9 Å². The Morgan fingerprint density at radius 2 is 2.00 bits per heavy atom. The fourth-order valence-corrected chi connectivity index (χ4v) is 1.97. The summed E-state index contributed by atoms with van der Waals surface area (Å²) in [5.41, 5.74) is 1.84. The van der Waals surface area contributed by atoms with Gasteiger partial charge < -0.3 is 9.47 Å². The molecule has 0 unspecified atom stereocenters. The molecule has 0 atom stereocenters. The number of methoxy groups -OCH3 is 1. The number of pyridine rings is 1. The van der Waals surface area contributed by atoms with Gasteiger partial charge in [-0.15, -0.1) is 0 Å². The molecule has 0 amide bonds. The van der Waals surface area contributed by atoms with Crippen LogP contribution in [0.3, 0.4) is 0 Å². The predicted molar refractivity (Wildman–Crippen MR) is 80.7 cm³/mol. The number of Topliss-reactive ketones (excluding diaryl/α,β-unsaturated/α-hetero) is 1. The zero-order chi connectivity index (χ0) is 14.9. The number of carbonyl (C=O) groups excluding carboxylic acids is 1. The average Bonchev–Trinajstić information content (AvgIpc) is 2.55. The first-order chi connectivity index (χ1) is 10.3. The molecule has 1 heterocycles. The smallest absolute Gasteiger partial charge is 0.188 e.